The molecule has 0 aliphatic carbocycles. The van der Waals surface area contributed by atoms with Crippen LogP contribution in [-0.2, 0) is 0 Å². The number of para-hydroxylation sites is 1. The van der Waals surface area contributed by atoms with Crippen molar-refractivity contribution in [2.75, 3.05) is 26.2 Å². The fourth-order valence-electron chi connectivity index (χ4n) is 4.03. The fraction of sp³-hybridized carbons (Fsp3) is 0.348. The molecule has 6 heteroatoms. The van der Waals surface area contributed by atoms with E-state index in [9.17, 15) is 9.59 Å². The number of carbonyl (C=O) groups excluding carboxylic acids is 1. The SMILES string of the molecule is O=C(NCCC[NH+]1CCCCC1)c1nn(-c2ccccc2)c(=O)c2ccccc12. The summed E-state index contributed by atoms with van der Waals surface area (Å²) in [6.45, 7) is 4.17. The molecule has 4 rings (SSSR count). The van der Waals surface area contributed by atoms with Crippen LogP contribution in [0.5, 0.6) is 0 Å². The van der Waals surface area contributed by atoms with Crippen molar-refractivity contribution in [2.45, 2.75) is 25.7 Å². The van der Waals surface area contributed by atoms with Crippen LogP contribution in [0.25, 0.3) is 16.5 Å². The number of fused-ring (bicyclic) bond motifs is 1. The summed E-state index contributed by atoms with van der Waals surface area (Å²) in [5, 5.41) is 8.51. The Labute approximate surface area is 170 Å². The first-order valence-electron chi connectivity index (χ1n) is 10.4. The number of piperidine rings is 1. The van der Waals surface area contributed by atoms with Gasteiger partial charge in [-0.25, -0.2) is 0 Å². The number of likely N-dealkylation sites (tertiary alicyclic amines) is 1. The van der Waals surface area contributed by atoms with Crippen LogP contribution in [-0.4, -0.2) is 41.9 Å². The van der Waals surface area contributed by atoms with E-state index in [-0.39, 0.29) is 17.2 Å². The minimum atomic E-state index is -0.237. The summed E-state index contributed by atoms with van der Waals surface area (Å²) < 4.78 is 1.31. The van der Waals surface area contributed by atoms with Gasteiger partial charge in [-0.15, -0.1) is 0 Å². The third-order valence-corrected chi connectivity index (χ3v) is 5.57. The lowest BCUT2D eigenvalue weighted by atomic mass is 10.1. The molecule has 1 amide bonds. The minimum Gasteiger partial charge on any atom is -0.350 e. The van der Waals surface area contributed by atoms with Crippen molar-refractivity contribution in [1.29, 1.82) is 0 Å². The van der Waals surface area contributed by atoms with Crippen LogP contribution < -0.4 is 15.8 Å². The van der Waals surface area contributed by atoms with Crippen molar-refractivity contribution in [3.8, 4) is 5.69 Å². The van der Waals surface area contributed by atoms with E-state index >= 15 is 0 Å². The number of rotatable bonds is 6. The number of nitrogens with one attached hydrogen (secondary N) is 2. The average Bonchev–Trinajstić information content (AvgIpc) is 2.78. The molecule has 2 aromatic carbocycles. The van der Waals surface area contributed by atoms with Crippen molar-refractivity contribution in [2.24, 2.45) is 0 Å². The van der Waals surface area contributed by atoms with Crippen LogP contribution in [0, 0.1) is 0 Å². The molecule has 0 spiro atoms. The number of nitrogens with zero attached hydrogens (tertiary/aromatic N) is 2. The van der Waals surface area contributed by atoms with E-state index < -0.39 is 0 Å². The van der Waals surface area contributed by atoms with Gasteiger partial charge in [0.2, 0.25) is 0 Å². The molecule has 150 valence electrons. The number of amides is 1. The molecule has 0 radical (unpaired) electrons. The Morgan fingerprint density at radius 2 is 1.66 bits per heavy atom. The Morgan fingerprint density at radius 3 is 2.41 bits per heavy atom. The minimum absolute atomic E-state index is 0.225. The van der Waals surface area contributed by atoms with E-state index in [0.717, 1.165) is 13.0 Å². The first kappa shape index (κ1) is 19.3. The molecule has 1 saturated heterocycles. The second kappa shape index (κ2) is 9.01. The summed E-state index contributed by atoms with van der Waals surface area (Å²) in [4.78, 5) is 27.4. The van der Waals surface area contributed by atoms with E-state index in [1.807, 2.05) is 42.5 Å². The van der Waals surface area contributed by atoms with Crippen molar-refractivity contribution >= 4 is 16.7 Å². The fourth-order valence-corrected chi connectivity index (χ4v) is 4.03. The van der Waals surface area contributed by atoms with Gasteiger partial charge in [0, 0.05) is 18.4 Å². The average molecular weight is 391 g/mol. The van der Waals surface area contributed by atoms with E-state index in [1.165, 1.54) is 37.0 Å². The van der Waals surface area contributed by atoms with Gasteiger partial charge in [0.15, 0.2) is 5.69 Å². The lowest BCUT2D eigenvalue weighted by molar-refractivity contribution is -0.904. The molecule has 0 atom stereocenters. The number of aromatic nitrogens is 2. The Balaban J connectivity index is 1.55. The number of benzene rings is 2. The Kier molecular flexibility index (Phi) is 6.00. The molecule has 0 unspecified atom stereocenters. The van der Waals surface area contributed by atoms with Crippen LogP contribution in [0.2, 0.25) is 0 Å². The molecule has 1 aliphatic rings. The molecule has 0 saturated carbocycles. The van der Waals surface area contributed by atoms with Crippen molar-refractivity contribution < 1.29 is 9.69 Å². The van der Waals surface area contributed by atoms with E-state index in [1.54, 1.807) is 17.0 Å². The quantitative estimate of drug-likeness (QED) is 0.627. The highest BCUT2D eigenvalue weighted by Gasteiger charge is 2.18. The number of hydrogen-bond acceptors (Lipinski definition) is 3. The molecule has 3 aromatic rings. The number of carbonyl (C=O) groups is 1. The Hall–Kier alpha value is -2.99. The van der Waals surface area contributed by atoms with Crippen LogP contribution in [0.4, 0.5) is 0 Å². The highest BCUT2D eigenvalue weighted by atomic mass is 16.2. The maximum absolute atomic E-state index is 12.9. The number of hydrogen-bond donors (Lipinski definition) is 2. The molecule has 1 fully saturated rings. The molecule has 29 heavy (non-hydrogen) atoms. The normalized spacial score (nSPS) is 14.8. The number of quaternary nitrogens is 1. The van der Waals surface area contributed by atoms with E-state index in [0.29, 0.717) is 23.0 Å². The van der Waals surface area contributed by atoms with Gasteiger partial charge >= 0.3 is 0 Å². The third kappa shape index (κ3) is 4.38. The van der Waals surface area contributed by atoms with Crippen LogP contribution in [0.1, 0.15) is 36.2 Å². The second-order valence-corrected chi connectivity index (χ2v) is 7.62. The maximum atomic E-state index is 12.9. The summed E-state index contributed by atoms with van der Waals surface area (Å²) in [7, 11) is 0. The van der Waals surface area contributed by atoms with Crippen LogP contribution >= 0.6 is 0 Å². The van der Waals surface area contributed by atoms with Gasteiger partial charge < -0.3 is 10.2 Å². The maximum Gasteiger partial charge on any atom is 0.279 e. The Morgan fingerprint density at radius 1 is 0.966 bits per heavy atom. The van der Waals surface area contributed by atoms with Gasteiger partial charge in [-0.1, -0.05) is 36.4 Å². The van der Waals surface area contributed by atoms with Gasteiger partial charge in [0.05, 0.1) is 30.7 Å². The van der Waals surface area contributed by atoms with Gasteiger partial charge in [0.25, 0.3) is 11.5 Å². The van der Waals surface area contributed by atoms with Crippen LogP contribution in [0.3, 0.4) is 0 Å². The summed E-state index contributed by atoms with van der Waals surface area (Å²) >= 11 is 0. The van der Waals surface area contributed by atoms with Gasteiger partial charge in [-0.3, -0.25) is 9.59 Å². The zero-order chi connectivity index (χ0) is 20.1. The van der Waals surface area contributed by atoms with Crippen molar-refractivity contribution in [3.05, 3.63) is 70.6 Å². The first-order valence-corrected chi connectivity index (χ1v) is 10.4. The molecule has 2 heterocycles. The summed E-state index contributed by atoms with van der Waals surface area (Å²) in [6, 6.07) is 16.4. The van der Waals surface area contributed by atoms with Gasteiger partial charge in [-0.2, -0.15) is 9.78 Å². The smallest absolute Gasteiger partial charge is 0.279 e. The predicted octanol–water partition coefficient (Wildman–Crippen LogP) is 1.57. The highest BCUT2D eigenvalue weighted by Crippen LogP contribution is 2.15. The monoisotopic (exact) mass is 391 g/mol. The summed E-state index contributed by atoms with van der Waals surface area (Å²) in [5.41, 5.74) is 0.706. The van der Waals surface area contributed by atoms with Crippen molar-refractivity contribution in [1.82, 2.24) is 15.1 Å². The summed E-state index contributed by atoms with van der Waals surface area (Å²) in [5.74, 6) is -0.237. The van der Waals surface area contributed by atoms with Gasteiger partial charge in [-0.05, 0) is 37.5 Å². The van der Waals surface area contributed by atoms with E-state index in [4.69, 9.17) is 0 Å². The lowest BCUT2D eigenvalue weighted by Gasteiger charge is -2.23. The van der Waals surface area contributed by atoms with Gasteiger partial charge in [0.1, 0.15) is 0 Å². The zero-order valence-electron chi connectivity index (χ0n) is 16.6. The molecular weight excluding hydrogens is 364 g/mol. The van der Waals surface area contributed by atoms with Crippen molar-refractivity contribution in [3.63, 3.8) is 0 Å². The predicted molar refractivity (Wildman–Crippen MR) is 114 cm³/mol. The highest BCUT2D eigenvalue weighted by molar-refractivity contribution is 6.04. The second-order valence-electron chi connectivity index (χ2n) is 7.62. The van der Waals surface area contributed by atoms with E-state index in [2.05, 4.69) is 10.4 Å². The largest absolute Gasteiger partial charge is 0.350 e. The molecule has 1 aliphatic heterocycles. The van der Waals surface area contributed by atoms with Crippen LogP contribution in [0.15, 0.2) is 59.4 Å². The molecule has 6 nitrogen and oxygen atoms in total. The Bertz CT molecular complexity index is 1040. The molecular formula is C23H27N4O2+. The molecule has 1 aromatic heterocycles. The molecule has 0 bridgehead atoms. The summed E-state index contributed by atoms with van der Waals surface area (Å²) in [6.07, 6.45) is 4.89. The lowest BCUT2D eigenvalue weighted by Crippen LogP contribution is -3.12. The molecule has 2 N–H and O–H groups in total. The topological polar surface area (TPSA) is 68.4 Å². The first-order chi connectivity index (χ1) is 14.2. The zero-order valence-corrected chi connectivity index (χ0v) is 16.6. The third-order valence-electron chi connectivity index (χ3n) is 5.57. The standard InChI is InChI=1S/C23H26N4O2/c28-22(24-14-9-17-26-15-7-2-8-16-26)21-19-12-5-6-13-20(19)23(29)27(25-21)18-10-3-1-4-11-18/h1,3-6,10-13H,2,7-9,14-17H2,(H,24,28)/p+1.